The van der Waals surface area contributed by atoms with Crippen LogP contribution in [0.4, 0.5) is 0 Å². The van der Waals surface area contributed by atoms with E-state index in [1.807, 2.05) is 6.92 Å². The molecule has 1 aliphatic heterocycles. The van der Waals surface area contributed by atoms with Crippen LogP contribution >= 0.6 is 0 Å². The molecule has 1 fully saturated rings. The Bertz CT molecular complexity index is 206. The van der Waals surface area contributed by atoms with Gasteiger partial charge in [-0.25, -0.2) is 0 Å². The van der Waals surface area contributed by atoms with Crippen LogP contribution in [0.3, 0.4) is 0 Å². The third-order valence-corrected chi connectivity index (χ3v) is 3.51. The van der Waals surface area contributed by atoms with Gasteiger partial charge in [0.05, 0.1) is 0 Å². The molecule has 90 valence electrons. The summed E-state index contributed by atoms with van der Waals surface area (Å²) < 4.78 is 0. The van der Waals surface area contributed by atoms with Gasteiger partial charge >= 0.3 is 0 Å². The minimum absolute atomic E-state index is 0.0523. The Morgan fingerprint density at radius 3 is 1.87 bits per heavy atom. The minimum atomic E-state index is -0.436. The predicted molar refractivity (Wildman–Crippen MR) is 61.5 cm³/mol. The van der Waals surface area contributed by atoms with Crippen LogP contribution in [-0.2, 0) is 0 Å². The van der Waals surface area contributed by atoms with Crippen LogP contribution in [0.15, 0.2) is 0 Å². The van der Waals surface area contributed by atoms with Crippen molar-refractivity contribution in [1.82, 2.24) is 4.90 Å². The Balaban J connectivity index is 2.95. The zero-order valence-corrected chi connectivity index (χ0v) is 10.6. The van der Waals surface area contributed by atoms with Gasteiger partial charge in [0.1, 0.15) is 6.23 Å². The van der Waals surface area contributed by atoms with Gasteiger partial charge in [-0.3, -0.25) is 4.90 Å². The number of hydrogen-bond acceptors (Lipinski definition) is 3. The Morgan fingerprint density at radius 2 is 1.60 bits per heavy atom. The van der Waals surface area contributed by atoms with Gasteiger partial charge < -0.3 is 10.2 Å². The van der Waals surface area contributed by atoms with Crippen molar-refractivity contribution in [3.8, 4) is 0 Å². The molecule has 1 rings (SSSR count). The van der Waals surface area contributed by atoms with E-state index in [-0.39, 0.29) is 17.7 Å². The van der Waals surface area contributed by atoms with Gasteiger partial charge in [0.25, 0.3) is 0 Å². The van der Waals surface area contributed by atoms with Crippen molar-refractivity contribution in [1.29, 1.82) is 0 Å². The summed E-state index contributed by atoms with van der Waals surface area (Å²) in [5.74, 6) is 0.352. The van der Waals surface area contributed by atoms with Crippen molar-refractivity contribution in [3.63, 3.8) is 0 Å². The number of hydrogen-bond donors (Lipinski definition) is 2. The fraction of sp³-hybridized carbons (Fsp3) is 1.00. The average Bonchev–Trinajstić information content (AvgIpc) is 1.97. The van der Waals surface area contributed by atoms with Gasteiger partial charge in [-0.05, 0) is 53.4 Å². The first-order valence-electron chi connectivity index (χ1n) is 5.79. The van der Waals surface area contributed by atoms with Crippen LogP contribution in [-0.4, -0.2) is 39.0 Å². The van der Waals surface area contributed by atoms with Crippen molar-refractivity contribution < 1.29 is 10.2 Å². The van der Waals surface area contributed by atoms with Crippen LogP contribution in [0, 0.1) is 5.92 Å². The summed E-state index contributed by atoms with van der Waals surface area (Å²) in [6.45, 7) is 10.6. The summed E-state index contributed by atoms with van der Waals surface area (Å²) in [5, 5.41) is 19.2. The maximum Gasteiger partial charge on any atom is 0.105 e. The third-order valence-electron chi connectivity index (χ3n) is 3.51. The average molecular weight is 215 g/mol. The summed E-state index contributed by atoms with van der Waals surface area (Å²) in [6, 6.07) is 0. The molecule has 1 atom stereocenters. The molecule has 0 aromatic carbocycles. The maximum absolute atomic E-state index is 9.87. The first-order chi connectivity index (χ1) is 6.70. The number of nitrogens with zero attached hydrogens (tertiary/aromatic N) is 1. The lowest BCUT2D eigenvalue weighted by Crippen LogP contribution is -2.63. The highest BCUT2D eigenvalue weighted by Gasteiger charge is 2.46. The quantitative estimate of drug-likeness (QED) is 0.735. The van der Waals surface area contributed by atoms with E-state index in [0.29, 0.717) is 5.92 Å². The van der Waals surface area contributed by atoms with E-state index in [1.54, 1.807) is 0 Å². The summed E-state index contributed by atoms with van der Waals surface area (Å²) in [7, 11) is 0. The van der Waals surface area contributed by atoms with Gasteiger partial charge in [-0.15, -0.1) is 0 Å². The first kappa shape index (κ1) is 12.9. The molecular weight excluding hydrogens is 190 g/mol. The van der Waals surface area contributed by atoms with Crippen molar-refractivity contribution in [3.05, 3.63) is 0 Å². The van der Waals surface area contributed by atoms with Crippen LogP contribution in [0.5, 0.6) is 0 Å². The molecule has 15 heavy (non-hydrogen) atoms. The number of likely N-dealkylation sites (tertiary alicyclic amines) is 1. The molecule has 1 saturated heterocycles. The van der Waals surface area contributed by atoms with Crippen molar-refractivity contribution >= 4 is 0 Å². The molecule has 0 saturated carbocycles. The van der Waals surface area contributed by atoms with Crippen molar-refractivity contribution in [2.75, 3.05) is 6.61 Å². The number of aliphatic hydroxyl groups is 2. The number of piperidine rings is 1. The standard InChI is InChI=1S/C12H25NO2/c1-9(15)13-11(2,3)6-10(8-14)7-12(13,4)5/h9-10,14-15H,6-8H2,1-5H3. The molecule has 0 aliphatic carbocycles. The second kappa shape index (κ2) is 4.04. The smallest absolute Gasteiger partial charge is 0.105 e. The van der Waals surface area contributed by atoms with Gasteiger partial charge in [0.15, 0.2) is 0 Å². The first-order valence-corrected chi connectivity index (χ1v) is 5.79. The van der Waals surface area contributed by atoms with E-state index < -0.39 is 6.23 Å². The molecular formula is C12H25NO2. The molecule has 1 unspecified atom stereocenters. The van der Waals surface area contributed by atoms with E-state index in [0.717, 1.165) is 12.8 Å². The summed E-state index contributed by atoms with van der Waals surface area (Å²) in [4.78, 5) is 2.16. The normalized spacial score (nSPS) is 29.0. The highest BCUT2D eigenvalue weighted by atomic mass is 16.3. The zero-order valence-electron chi connectivity index (χ0n) is 10.6. The fourth-order valence-electron chi connectivity index (χ4n) is 3.64. The summed E-state index contributed by atoms with van der Waals surface area (Å²) >= 11 is 0. The van der Waals surface area contributed by atoms with Gasteiger partial charge in [-0.2, -0.15) is 0 Å². The third kappa shape index (κ3) is 2.52. The monoisotopic (exact) mass is 215 g/mol. The lowest BCUT2D eigenvalue weighted by molar-refractivity contribution is -0.147. The van der Waals surface area contributed by atoms with Gasteiger partial charge in [-0.1, -0.05) is 0 Å². The van der Waals surface area contributed by atoms with Crippen LogP contribution in [0.2, 0.25) is 0 Å². The molecule has 2 N–H and O–H groups in total. The minimum Gasteiger partial charge on any atom is -0.396 e. The highest BCUT2D eigenvalue weighted by molar-refractivity contribution is 5.00. The van der Waals surface area contributed by atoms with E-state index in [1.165, 1.54) is 0 Å². The second-order valence-corrected chi connectivity index (χ2v) is 6.08. The van der Waals surface area contributed by atoms with Crippen LogP contribution in [0.1, 0.15) is 47.5 Å². The Hall–Kier alpha value is -0.120. The zero-order chi connectivity index (χ0) is 11.9. The largest absolute Gasteiger partial charge is 0.396 e. The second-order valence-electron chi connectivity index (χ2n) is 6.08. The molecule has 0 amide bonds. The van der Waals surface area contributed by atoms with Gasteiger partial charge in [0, 0.05) is 17.7 Å². The van der Waals surface area contributed by atoms with Crippen molar-refractivity contribution in [2.45, 2.75) is 64.8 Å². The topological polar surface area (TPSA) is 43.7 Å². The lowest BCUT2D eigenvalue weighted by Gasteiger charge is -2.56. The van der Waals surface area contributed by atoms with Gasteiger partial charge in [0.2, 0.25) is 0 Å². The maximum atomic E-state index is 9.87. The molecule has 1 heterocycles. The molecule has 3 nitrogen and oxygen atoms in total. The molecule has 0 aromatic heterocycles. The van der Waals surface area contributed by atoms with Crippen molar-refractivity contribution in [2.24, 2.45) is 5.92 Å². The lowest BCUT2D eigenvalue weighted by atomic mass is 9.74. The molecule has 0 radical (unpaired) electrons. The summed E-state index contributed by atoms with van der Waals surface area (Å²) in [5.41, 5.74) is -0.105. The molecule has 0 spiro atoms. The molecule has 0 bridgehead atoms. The fourth-order valence-corrected chi connectivity index (χ4v) is 3.64. The number of aliphatic hydroxyl groups excluding tert-OH is 2. The van der Waals surface area contributed by atoms with E-state index in [2.05, 4.69) is 32.6 Å². The molecule has 0 aromatic rings. The van der Waals surface area contributed by atoms with Crippen LogP contribution in [0.25, 0.3) is 0 Å². The predicted octanol–water partition coefficient (Wildman–Crippen LogP) is 1.59. The molecule has 1 aliphatic rings. The Morgan fingerprint density at radius 1 is 1.20 bits per heavy atom. The van der Waals surface area contributed by atoms with E-state index >= 15 is 0 Å². The Labute approximate surface area is 93.1 Å². The highest BCUT2D eigenvalue weighted by Crippen LogP contribution is 2.41. The Kier molecular flexibility index (Phi) is 3.49. The van der Waals surface area contributed by atoms with E-state index in [4.69, 9.17) is 0 Å². The SMILES string of the molecule is CC(O)N1C(C)(C)CC(CO)CC1(C)C. The summed E-state index contributed by atoms with van der Waals surface area (Å²) in [6.07, 6.45) is 1.45. The van der Waals surface area contributed by atoms with Crippen LogP contribution < -0.4 is 0 Å². The van der Waals surface area contributed by atoms with E-state index in [9.17, 15) is 10.2 Å². The number of rotatable bonds is 2. The molecule has 3 heteroatoms.